The van der Waals surface area contributed by atoms with Gasteiger partial charge in [0.2, 0.25) is 0 Å². The lowest BCUT2D eigenvalue weighted by atomic mass is 10.1. The molecule has 12 heavy (non-hydrogen) atoms. The fraction of sp³-hybridized carbons (Fsp3) is 0.333. The second-order valence-electron chi connectivity index (χ2n) is 2.95. The molecule has 64 valence electrons. The lowest BCUT2D eigenvalue weighted by molar-refractivity contribution is 1.04. The van der Waals surface area contributed by atoms with E-state index in [0.29, 0.717) is 0 Å². The Kier molecular flexibility index (Phi) is 1.97. The van der Waals surface area contributed by atoms with Crippen LogP contribution in [0.5, 0.6) is 0 Å². The zero-order valence-electron chi connectivity index (χ0n) is 6.95. The van der Waals surface area contributed by atoms with Crippen molar-refractivity contribution in [1.82, 2.24) is 0 Å². The van der Waals surface area contributed by atoms with E-state index in [9.17, 15) is 0 Å². The minimum atomic E-state index is 1.00. The monoisotopic (exact) mass is 226 g/mol. The summed E-state index contributed by atoms with van der Waals surface area (Å²) in [6.45, 7) is 4.13. The Morgan fingerprint density at radius 2 is 2.00 bits per heavy atom. The van der Waals surface area contributed by atoms with Crippen molar-refractivity contribution in [3.05, 3.63) is 22.2 Å². The number of fused-ring (bicyclic) bond motifs is 1. The van der Waals surface area contributed by atoms with Crippen molar-refractivity contribution in [2.45, 2.75) is 6.92 Å². The van der Waals surface area contributed by atoms with Crippen molar-refractivity contribution in [1.29, 1.82) is 0 Å². The van der Waals surface area contributed by atoms with Crippen LogP contribution in [0.3, 0.4) is 0 Å². The molecule has 0 atom stereocenters. The van der Waals surface area contributed by atoms with Gasteiger partial charge >= 0.3 is 0 Å². The van der Waals surface area contributed by atoms with E-state index in [-0.39, 0.29) is 0 Å². The average molecular weight is 227 g/mol. The summed E-state index contributed by atoms with van der Waals surface area (Å²) < 4.78 is 1.16. The molecule has 2 N–H and O–H groups in total. The molecular weight excluding hydrogens is 216 g/mol. The molecule has 1 aromatic carbocycles. The summed E-state index contributed by atoms with van der Waals surface area (Å²) in [6, 6.07) is 4.17. The molecule has 0 saturated carbocycles. The first kappa shape index (κ1) is 7.92. The van der Waals surface area contributed by atoms with Gasteiger partial charge in [0.1, 0.15) is 0 Å². The van der Waals surface area contributed by atoms with Crippen LogP contribution in [-0.4, -0.2) is 13.1 Å². The van der Waals surface area contributed by atoms with Gasteiger partial charge in [-0.3, -0.25) is 0 Å². The van der Waals surface area contributed by atoms with Crippen LogP contribution in [0.2, 0.25) is 0 Å². The van der Waals surface area contributed by atoms with E-state index in [4.69, 9.17) is 0 Å². The molecule has 0 bridgehead atoms. The summed E-state index contributed by atoms with van der Waals surface area (Å²) in [7, 11) is 0. The van der Waals surface area contributed by atoms with Crippen LogP contribution in [0.1, 0.15) is 5.56 Å². The zero-order valence-corrected chi connectivity index (χ0v) is 8.53. The van der Waals surface area contributed by atoms with Crippen LogP contribution in [0, 0.1) is 6.92 Å². The van der Waals surface area contributed by atoms with E-state index in [1.54, 1.807) is 0 Å². The van der Waals surface area contributed by atoms with E-state index in [0.717, 1.165) is 17.6 Å². The molecule has 0 fully saturated rings. The van der Waals surface area contributed by atoms with Gasteiger partial charge in [-0.2, -0.15) is 0 Å². The molecule has 1 heterocycles. The fourth-order valence-electron chi connectivity index (χ4n) is 1.45. The Labute approximate surface area is 80.5 Å². The summed E-state index contributed by atoms with van der Waals surface area (Å²) >= 11 is 3.51. The smallest absolute Gasteiger partial charge is 0.0617 e. The number of hydrogen-bond donors (Lipinski definition) is 2. The first-order chi connectivity index (χ1) is 5.79. The van der Waals surface area contributed by atoms with E-state index in [1.165, 1.54) is 16.9 Å². The molecule has 0 aromatic heterocycles. The van der Waals surface area contributed by atoms with Crippen LogP contribution in [0.4, 0.5) is 11.4 Å². The van der Waals surface area contributed by atoms with Crippen molar-refractivity contribution in [3.8, 4) is 0 Å². The second-order valence-corrected chi connectivity index (χ2v) is 3.80. The predicted molar refractivity (Wildman–Crippen MR) is 55.9 cm³/mol. The summed E-state index contributed by atoms with van der Waals surface area (Å²) in [5, 5.41) is 6.73. The van der Waals surface area contributed by atoms with Crippen LogP contribution in [0.15, 0.2) is 16.6 Å². The highest BCUT2D eigenvalue weighted by atomic mass is 79.9. The third-order valence-electron chi connectivity index (χ3n) is 2.14. The maximum Gasteiger partial charge on any atom is 0.0617 e. The molecule has 0 saturated heterocycles. The third-order valence-corrected chi connectivity index (χ3v) is 3.00. The minimum absolute atomic E-state index is 1.00. The Hall–Kier alpha value is -0.700. The Morgan fingerprint density at radius 1 is 1.25 bits per heavy atom. The second kappa shape index (κ2) is 2.98. The number of rotatable bonds is 0. The first-order valence-electron chi connectivity index (χ1n) is 4.06. The molecule has 1 aliphatic heterocycles. The van der Waals surface area contributed by atoms with E-state index < -0.39 is 0 Å². The molecule has 2 rings (SSSR count). The van der Waals surface area contributed by atoms with Gasteiger partial charge in [-0.15, -0.1) is 0 Å². The molecule has 0 amide bonds. The van der Waals surface area contributed by atoms with Gasteiger partial charge in [-0.25, -0.2) is 0 Å². The number of nitrogens with one attached hydrogen (secondary N) is 2. The minimum Gasteiger partial charge on any atom is -0.382 e. The van der Waals surface area contributed by atoms with Crippen LogP contribution in [-0.2, 0) is 0 Å². The van der Waals surface area contributed by atoms with E-state index in [1.807, 2.05) is 0 Å². The highest BCUT2D eigenvalue weighted by molar-refractivity contribution is 9.10. The molecule has 0 spiro atoms. The molecular formula is C9H11BrN2. The molecule has 1 aromatic rings. The van der Waals surface area contributed by atoms with Crippen LogP contribution >= 0.6 is 15.9 Å². The normalized spacial score (nSPS) is 14.5. The lowest BCUT2D eigenvalue weighted by Gasteiger charge is -2.22. The van der Waals surface area contributed by atoms with Crippen molar-refractivity contribution in [2.24, 2.45) is 0 Å². The summed E-state index contributed by atoms with van der Waals surface area (Å²) in [6.07, 6.45) is 0. The summed E-state index contributed by atoms with van der Waals surface area (Å²) in [5.41, 5.74) is 3.72. The van der Waals surface area contributed by atoms with Gasteiger partial charge in [0.05, 0.1) is 11.4 Å². The fourth-order valence-corrected chi connectivity index (χ4v) is 1.78. The molecule has 0 unspecified atom stereocenters. The van der Waals surface area contributed by atoms with Gasteiger partial charge in [0.15, 0.2) is 0 Å². The SMILES string of the molecule is Cc1c(Br)ccc2c1NCCN2. The molecule has 0 radical (unpaired) electrons. The van der Waals surface area contributed by atoms with Crippen molar-refractivity contribution < 1.29 is 0 Å². The van der Waals surface area contributed by atoms with Crippen LogP contribution < -0.4 is 10.6 Å². The number of benzene rings is 1. The molecule has 2 nitrogen and oxygen atoms in total. The topological polar surface area (TPSA) is 24.1 Å². The van der Waals surface area contributed by atoms with Gasteiger partial charge in [-0.05, 0) is 24.6 Å². The molecule has 1 aliphatic rings. The number of hydrogen-bond acceptors (Lipinski definition) is 2. The quantitative estimate of drug-likeness (QED) is 0.711. The predicted octanol–water partition coefficient (Wildman–Crippen LogP) is 2.59. The van der Waals surface area contributed by atoms with Gasteiger partial charge in [0.25, 0.3) is 0 Å². The maximum absolute atomic E-state index is 3.51. The number of anilines is 2. The Bertz CT molecular complexity index is 310. The maximum atomic E-state index is 3.51. The van der Waals surface area contributed by atoms with Crippen LogP contribution in [0.25, 0.3) is 0 Å². The summed E-state index contributed by atoms with van der Waals surface area (Å²) in [4.78, 5) is 0. The largest absolute Gasteiger partial charge is 0.382 e. The van der Waals surface area contributed by atoms with Crippen molar-refractivity contribution in [3.63, 3.8) is 0 Å². The number of halogens is 1. The standard InChI is InChI=1S/C9H11BrN2/c1-6-7(10)2-3-8-9(6)12-5-4-11-8/h2-3,11-12H,4-5H2,1H3. The molecule has 0 aliphatic carbocycles. The highest BCUT2D eigenvalue weighted by Gasteiger charge is 2.10. The van der Waals surface area contributed by atoms with Crippen molar-refractivity contribution >= 4 is 27.3 Å². The average Bonchev–Trinajstić information content (AvgIpc) is 2.12. The van der Waals surface area contributed by atoms with E-state index in [2.05, 4.69) is 45.6 Å². The zero-order chi connectivity index (χ0) is 8.55. The van der Waals surface area contributed by atoms with Gasteiger partial charge < -0.3 is 10.6 Å². The molecule has 3 heteroatoms. The Morgan fingerprint density at radius 3 is 2.83 bits per heavy atom. The Balaban J connectivity index is 2.54. The van der Waals surface area contributed by atoms with E-state index >= 15 is 0 Å². The highest BCUT2D eigenvalue weighted by Crippen LogP contribution is 2.32. The van der Waals surface area contributed by atoms with Crippen molar-refractivity contribution in [2.75, 3.05) is 23.7 Å². The van der Waals surface area contributed by atoms with Gasteiger partial charge in [-0.1, -0.05) is 15.9 Å². The van der Waals surface area contributed by atoms with Gasteiger partial charge in [0, 0.05) is 17.6 Å². The third kappa shape index (κ3) is 1.18. The summed E-state index contributed by atoms with van der Waals surface area (Å²) in [5.74, 6) is 0. The first-order valence-corrected chi connectivity index (χ1v) is 4.85. The lowest BCUT2D eigenvalue weighted by Crippen LogP contribution is -2.21.